The Bertz CT molecular complexity index is 582. The Morgan fingerprint density at radius 1 is 1.20 bits per heavy atom. The van der Waals surface area contributed by atoms with Crippen LogP contribution >= 0.6 is 23.4 Å². The Morgan fingerprint density at radius 2 is 1.95 bits per heavy atom. The minimum absolute atomic E-state index is 0.465. The van der Waals surface area contributed by atoms with Crippen LogP contribution in [0.25, 0.3) is 0 Å². The van der Waals surface area contributed by atoms with Crippen molar-refractivity contribution in [1.82, 2.24) is 5.32 Å². The molecule has 2 unspecified atom stereocenters. The zero-order chi connectivity index (χ0) is 13.9. The fourth-order valence-electron chi connectivity index (χ4n) is 2.84. The highest BCUT2D eigenvalue weighted by Gasteiger charge is 2.29. The molecule has 2 atom stereocenters. The molecule has 2 aromatic carbocycles. The number of benzene rings is 2. The van der Waals surface area contributed by atoms with Gasteiger partial charge in [0.15, 0.2) is 0 Å². The molecule has 0 saturated carbocycles. The lowest BCUT2D eigenvalue weighted by atomic mass is 9.89. The van der Waals surface area contributed by atoms with Gasteiger partial charge in [-0.2, -0.15) is 0 Å². The maximum absolute atomic E-state index is 5.96. The van der Waals surface area contributed by atoms with Crippen molar-refractivity contribution in [2.24, 2.45) is 0 Å². The first kappa shape index (κ1) is 14.0. The number of thioether (sulfide) groups is 1. The molecule has 1 N–H and O–H groups in total. The van der Waals surface area contributed by atoms with Gasteiger partial charge in [0.2, 0.25) is 0 Å². The predicted molar refractivity (Wildman–Crippen MR) is 87.9 cm³/mol. The van der Waals surface area contributed by atoms with E-state index in [-0.39, 0.29) is 0 Å². The van der Waals surface area contributed by atoms with Gasteiger partial charge >= 0.3 is 0 Å². The van der Waals surface area contributed by atoms with Gasteiger partial charge in [0.25, 0.3) is 0 Å². The lowest BCUT2D eigenvalue weighted by molar-refractivity contribution is 0.489. The SMILES string of the molecule is CNC(Cc1ccc(Cl)cc1)C1CSc2ccccc21. The summed E-state index contributed by atoms with van der Waals surface area (Å²) in [5, 5.41) is 4.30. The normalized spacial score (nSPS) is 18.8. The molecule has 3 rings (SSSR count). The average Bonchev–Trinajstić information content (AvgIpc) is 2.91. The summed E-state index contributed by atoms with van der Waals surface area (Å²) >= 11 is 7.93. The van der Waals surface area contributed by atoms with E-state index in [9.17, 15) is 0 Å². The minimum Gasteiger partial charge on any atom is -0.316 e. The quantitative estimate of drug-likeness (QED) is 0.900. The molecule has 1 aliphatic rings. The number of hydrogen-bond acceptors (Lipinski definition) is 2. The van der Waals surface area contributed by atoms with Crippen molar-refractivity contribution in [3.63, 3.8) is 0 Å². The number of rotatable bonds is 4. The first-order chi connectivity index (χ1) is 9.78. The van der Waals surface area contributed by atoms with Crippen LogP contribution in [0.4, 0.5) is 0 Å². The zero-order valence-corrected chi connectivity index (χ0v) is 13.0. The van der Waals surface area contributed by atoms with E-state index in [1.165, 1.54) is 21.8 Å². The van der Waals surface area contributed by atoms with E-state index in [1.807, 2.05) is 23.9 Å². The second kappa shape index (κ2) is 6.21. The van der Waals surface area contributed by atoms with Gasteiger partial charge in [0.1, 0.15) is 0 Å². The molecule has 0 radical (unpaired) electrons. The van der Waals surface area contributed by atoms with Gasteiger partial charge in [0, 0.05) is 27.6 Å². The van der Waals surface area contributed by atoms with E-state index in [0.717, 1.165) is 11.4 Å². The standard InChI is InChI=1S/C17H18ClNS/c1-19-16(10-12-6-8-13(18)9-7-12)15-11-20-17-5-3-2-4-14(15)17/h2-9,15-16,19H,10-11H2,1H3. The monoisotopic (exact) mass is 303 g/mol. The minimum atomic E-state index is 0.465. The summed E-state index contributed by atoms with van der Waals surface area (Å²) in [5.74, 6) is 1.75. The molecule has 1 aliphatic heterocycles. The second-order valence-corrected chi connectivity index (χ2v) is 6.68. The Labute approximate surface area is 129 Å². The Hall–Kier alpha value is -0.960. The van der Waals surface area contributed by atoms with Crippen molar-refractivity contribution in [3.05, 3.63) is 64.7 Å². The molecule has 20 heavy (non-hydrogen) atoms. The van der Waals surface area contributed by atoms with Crippen molar-refractivity contribution in [1.29, 1.82) is 0 Å². The smallest absolute Gasteiger partial charge is 0.0406 e. The summed E-state index contributed by atoms with van der Waals surface area (Å²) in [4.78, 5) is 1.44. The fourth-order valence-corrected chi connectivity index (χ4v) is 4.30. The highest BCUT2D eigenvalue weighted by atomic mass is 35.5. The van der Waals surface area contributed by atoms with Crippen LogP contribution in [-0.2, 0) is 6.42 Å². The molecule has 0 spiro atoms. The molecule has 0 saturated heterocycles. The van der Waals surface area contributed by atoms with Crippen LogP contribution in [0.5, 0.6) is 0 Å². The number of fused-ring (bicyclic) bond motifs is 1. The molecule has 2 aromatic rings. The van der Waals surface area contributed by atoms with Crippen LogP contribution in [-0.4, -0.2) is 18.8 Å². The third-order valence-electron chi connectivity index (χ3n) is 3.96. The van der Waals surface area contributed by atoms with E-state index in [2.05, 4.69) is 48.8 Å². The Kier molecular flexibility index (Phi) is 4.35. The highest BCUT2D eigenvalue weighted by Crippen LogP contribution is 2.41. The summed E-state index contributed by atoms with van der Waals surface area (Å²) in [5.41, 5.74) is 2.83. The maximum Gasteiger partial charge on any atom is 0.0406 e. The van der Waals surface area contributed by atoms with Gasteiger partial charge in [-0.25, -0.2) is 0 Å². The molecule has 0 bridgehead atoms. The lowest BCUT2D eigenvalue weighted by Gasteiger charge is -2.23. The van der Waals surface area contributed by atoms with Crippen molar-refractivity contribution < 1.29 is 0 Å². The summed E-state index contributed by atoms with van der Waals surface area (Å²) in [6, 6.07) is 17.4. The molecule has 104 valence electrons. The first-order valence-electron chi connectivity index (χ1n) is 6.91. The van der Waals surface area contributed by atoms with Crippen LogP contribution in [0.1, 0.15) is 17.0 Å². The molecular formula is C17H18ClNS. The fraction of sp³-hybridized carbons (Fsp3) is 0.294. The third kappa shape index (κ3) is 2.88. The third-order valence-corrected chi connectivity index (χ3v) is 5.42. The largest absolute Gasteiger partial charge is 0.316 e. The summed E-state index contributed by atoms with van der Waals surface area (Å²) in [6.07, 6.45) is 1.03. The van der Waals surface area contributed by atoms with Gasteiger partial charge in [0.05, 0.1) is 0 Å². The number of likely N-dealkylation sites (N-methyl/N-ethyl adjacent to an activating group) is 1. The van der Waals surface area contributed by atoms with Gasteiger partial charge in [-0.1, -0.05) is 41.9 Å². The lowest BCUT2D eigenvalue weighted by Crippen LogP contribution is -2.34. The zero-order valence-electron chi connectivity index (χ0n) is 11.5. The number of halogens is 1. The average molecular weight is 304 g/mol. The van der Waals surface area contributed by atoms with Crippen LogP contribution in [0.2, 0.25) is 5.02 Å². The molecule has 3 heteroatoms. The predicted octanol–water partition coefficient (Wildman–Crippen LogP) is 4.36. The van der Waals surface area contributed by atoms with E-state index in [1.54, 1.807) is 0 Å². The molecule has 0 fully saturated rings. The van der Waals surface area contributed by atoms with Gasteiger partial charge in [-0.05, 0) is 42.8 Å². The van der Waals surface area contributed by atoms with Crippen LogP contribution in [0.15, 0.2) is 53.4 Å². The van der Waals surface area contributed by atoms with E-state index in [4.69, 9.17) is 11.6 Å². The Morgan fingerprint density at radius 3 is 2.70 bits per heavy atom. The number of hydrogen-bond donors (Lipinski definition) is 1. The molecular weight excluding hydrogens is 286 g/mol. The summed E-state index contributed by atoms with van der Waals surface area (Å²) in [6.45, 7) is 0. The van der Waals surface area contributed by atoms with Crippen LogP contribution < -0.4 is 5.32 Å². The summed E-state index contributed by atoms with van der Waals surface area (Å²) < 4.78 is 0. The highest BCUT2D eigenvalue weighted by molar-refractivity contribution is 7.99. The molecule has 1 nitrogen and oxygen atoms in total. The van der Waals surface area contributed by atoms with E-state index >= 15 is 0 Å². The summed E-state index contributed by atoms with van der Waals surface area (Å²) in [7, 11) is 2.06. The topological polar surface area (TPSA) is 12.0 Å². The van der Waals surface area contributed by atoms with Crippen LogP contribution in [0.3, 0.4) is 0 Å². The Balaban J connectivity index is 1.79. The van der Waals surface area contributed by atoms with Gasteiger partial charge < -0.3 is 5.32 Å². The number of nitrogens with one attached hydrogen (secondary N) is 1. The van der Waals surface area contributed by atoms with Crippen LogP contribution in [0, 0.1) is 0 Å². The molecule has 1 heterocycles. The van der Waals surface area contributed by atoms with E-state index < -0.39 is 0 Å². The van der Waals surface area contributed by atoms with Gasteiger partial charge in [-0.3, -0.25) is 0 Å². The van der Waals surface area contributed by atoms with Crippen molar-refractivity contribution in [2.45, 2.75) is 23.3 Å². The molecule has 0 aromatic heterocycles. The van der Waals surface area contributed by atoms with Crippen molar-refractivity contribution in [2.75, 3.05) is 12.8 Å². The molecule has 0 amide bonds. The second-order valence-electron chi connectivity index (χ2n) is 5.18. The van der Waals surface area contributed by atoms with Gasteiger partial charge in [-0.15, -0.1) is 11.8 Å². The first-order valence-corrected chi connectivity index (χ1v) is 8.27. The maximum atomic E-state index is 5.96. The van der Waals surface area contributed by atoms with Crippen molar-refractivity contribution >= 4 is 23.4 Å². The van der Waals surface area contributed by atoms with Crippen molar-refractivity contribution in [3.8, 4) is 0 Å². The van der Waals surface area contributed by atoms with E-state index in [0.29, 0.717) is 12.0 Å². The molecule has 0 aliphatic carbocycles.